The summed E-state index contributed by atoms with van der Waals surface area (Å²) in [7, 11) is 3.39. The third kappa shape index (κ3) is 3.43. The molecule has 0 fully saturated rings. The average Bonchev–Trinajstić information content (AvgIpc) is 2.38. The van der Waals surface area contributed by atoms with E-state index in [-0.39, 0.29) is 11.9 Å². The predicted octanol–water partition coefficient (Wildman–Crippen LogP) is 1.62. The van der Waals surface area contributed by atoms with Gasteiger partial charge >= 0.3 is 0 Å². The van der Waals surface area contributed by atoms with Crippen molar-refractivity contribution in [2.24, 2.45) is 0 Å². The number of aromatic nitrogens is 1. The summed E-state index contributed by atoms with van der Waals surface area (Å²) in [5.41, 5.74) is 0.588. The number of ether oxygens (including phenoxy) is 1. The van der Waals surface area contributed by atoms with Crippen LogP contribution in [0.1, 0.15) is 24.2 Å². The first-order valence-electron chi connectivity index (χ1n) is 6.04. The van der Waals surface area contributed by atoms with Crippen LogP contribution in [0.4, 0.5) is 5.82 Å². The number of amides is 1. The molecule has 0 aromatic carbocycles. The number of carbonyl (C=O) groups excluding carboxylic acids is 1. The van der Waals surface area contributed by atoms with Crippen LogP contribution in [0, 0.1) is 0 Å². The van der Waals surface area contributed by atoms with Gasteiger partial charge in [0.25, 0.3) is 5.91 Å². The lowest BCUT2D eigenvalue weighted by Gasteiger charge is -2.27. The topological polar surface area (TPSA) is 54.5 Å². The van der Waals surface area contributed by atoms with Crippen molar-refractivity contribution in [3.63, 3.8) is 0 Å². The van der Waals surface area contributed by atoms with Crippen molar-refractivity contribution in [2.45, 2.75) is 19.9 Å². The molecule has 18 heavy (non-hydrogen) atoms. The summed E-state index contributed by atoms with van der Waals surface area (Å²) >= 11 is 0. The minimum Gasteiger partial charge on any atom is -0.383 e. The monoisotopic (exact) mass is 251 g/mol. The number of carbonyl (C=O) groups is 1. The first-order valence-corrected chi connectivity index (χ1v) is 6.04. The number of nitrogens with one attached hydrogen (secondary N) is 1. The molecule has 5 nitrogen and oxygen atoms in total. The molecule has 0 unspecified atom stereocenters. The minimum absolute atomic E-state index is 0.0282. The van der Waals surface area contributed by atoms with Crippen molar-refractivity contribution >= 4 is 11.7 Å². The van der Waals surface area contributed by atoms with E-state index >= 15 is 0 Å². The van der Waals surface area contributed by atoms with Crippen LogP contribution in [0.25, 0.3) is 0 Å². The zero-order chi connectivity index (χ0) is 13.5. The second-order valence-corrected chi connectivity index (χ2v) is 4.23. The van der Waals surface area contributed by atoms with Crippen molar-refractivity contribution in [3.8, 4) is 0 Å². The van der Waals surface area contributed by atoms with E-state index in [0.29, 0.717) is 24.5 Å². The lowest BCUT2D eigenvalue weighted by atomic mass is 10.2. The predicted molar refractivity (Wildman–Crippen MR) is 71.8 cm³/mol. The molecule has 0 saturated carbocycles. The first kappa shape index (κ1) is 14.4. The van der Waals surface area contributed by atoms with Gasteiger partial charge in [0.15, 0.2) is 0 Å². The molecule has 5 heteroatoms. The van der Waals surface area contributed by atoms with Gasteiger partial charge in [-0.05, 0) is 26.0 Å². The molecular formula is C13H21N3O2. The van der Waals surface area contributed by atoms with Gasteiger partial charge in [0.05, 0.1) is 12.2 Å². The number of hydrogen-bond acceptors (Lipinski definition) is 4. The van der Waals surface area contributed by atoms with E-state index in [9.17, 15) is 4.79 Å². The van der Waals surface area contributed by atoms with Crippen LogP contribution in [-0.4, -0.2) is 49.1 Å². The Morgan fingerprint density at radius 1 is 1.56 bits per heavy atom. The Kier molecular flexibility index (Phi) is 5.58. The fraction of sp³-hybridized carbons (Fsp3) is 0.538. The molecule has 0 spiro atoms. The summed E-state index contributed by atoms with van der Waals surface area (Å²) in [5, 5.41) is 2.94. The van der Waals surface area contributed by atoms with Gasteiger partial charge in [0.1, 0.15) is 5.82 Å². The Labute approximate surface area is 108 Å². The molecule has 0 bridgehead atoms. The van der Waals surface area contributed by atoms with Gasteiger partial charge in [-0.3, -0.25) is 4.79 Å². The normalized spacial score (nSPS) is 10.5. The third-order valence-corrected chi connectivity index (χ3v) is 2.70. The molecule has 100 valence electrons. The maximum Gasteiger partial charge on any atom is 0.257 e. The highest BCUT2D eigenvalue weighted by molar-refractivity contribution is 5.98. The van der Waals surface area contributed by atoms with Crippen LogP contribution in [-0.2, 0) is 4.74 Å². The van der Waals surface area contributed by atoms with Gasteiger partial charge in [0, 0.05) is 32.9 Å². The number of pyridine rings is 1. The number of anilines is 1. The summed E-state index contributed by atoms with van der Waals surface area (Å²) in [4.78, 5) is 18.4. The Balaban J connectivity index is 2.94. The fourth-order valence-corrected chi connectivity index (χ4v) is 1.72. The standard InChI is InChI=1S/C13H21N3O2/c1-10(2)16(8-9-18-4)13(17)11-6-5-7-15-12(11)14-3/h5-7,10H,8-9H2,1-4H3,(H,14,15). The molecule has 1 rings (SSSR count). The van der Waals surface area contributed by atoms with Crippen molar-refractivity contribution in [1.29, 1.82) is 0 Å². The van der Waals surface area contributed by atoms with Crippen molar-refractivity contribution in [3.05, 3.63) is 23.9 Å². The molecule has 0 aliphatic carbocycles. The van der Waals surface area contributed by atoms with Crippen LogP contribution < -0.4 is 5.32 Å². The fourth-order valence-electron chi connectivity index (χ4n) is 1.72. The van der Waals surface area contributed by atoms with Crippen LogP contribution in [0.2, 0.25) is 0 Å². The van der Waals surface area contributed by atoms with Gasteiger partial charge in [-0.2, -0.15) is 0 Å². The van der Waals surface area contributed by atoms with Gasteiger partial charge in [-0.25, -0.2) is 4.98 Å². The van der Waals surface area contributed by atoms with Gasteiger partial charge in [-0.15, -0.1) is 0 Å². The van der Waals surface area contributed by atoms with E-state index in [4.69, 9.17) is 4.74 Å². The van der Waals surface area contributed by atoms with Crippen LogP contribution in [0.15, 0.2) is 18.3 Å². The second kappa shape index (κ2) is 6.96. The van der Waals surface area contributed by atoms with E-state index in [0.717, 1.165) is 0 Å². The van der Waals surface area contributed by atoms with E-state index in [1.54, 1.807) is 37.4 Å². The maximum atomic E-state index is 12.5. The summed E-state index contributed by atoms with van der Waals surface area (Å²) < 4.78 is 5.04. The van der Waals surface area contributed by atoms with Crippen molar-refractivity contribution < 1.29 is 9.53 Å². The Morgan fingerprint density at radius 3 is 2.83 bits per heavy atom. The van der Waals surface area contributed by atoms with Gasteiger partial charge < -0.3 is 15.0 Å². The Bertz CT molecular complexity index is 394. The number of rotatable bonds is 6. The van der Waals surface area contributed by atoms with E-state index < -0.39 is 0 Å². The lowest BCUT2D eigenvalue weighted by Crippen LogP contribution is -2.39. The van der Waals surface area contributed by atoms with Crippen molar-refractivity contribution in [1.82, 2.24) is 9.88 Å². The molecular weight excluding hydrogens is 230 g/mol. The zero-order valence-corrected chi connectivity index (χ0v) is 11.4. The number of hydrogen-bond donors (Lipinski definition) is 1. The van der Waals surface area contributed by atoms with Gasteiger partial charge in [0.2, 0.25) is 0 Å². The minimum atomic E-state index is -0.0282. The molecule has 1 amide bonds. The molecule has 0 saturated heterocycles. The molecule has 1 heterocycles. The summed E-state index contributed by atoms with van der Waals surface area (Å²) in [5.74, 6) is 0.574. The third-order valence-electron chi connectivity index (χ3n) is 2.70. The summed E-state index contributed by atoms with van der Waals surface area (Å²) in [6, 6.07) is 3.67. The number of nitrogens with zero attached hydrogens (tertiary/aromatic N) is 2. The quantitative estimate of drug-likeness (QED) is 0.834. The SMILES string of the molecule is CNc1ncccc1C(=O)N(CCOC)C(C)C. The van der Waals surface area contributed by atoms with E-state index in [2.05, 4.69) is 10.3 Å². The molecule has 0 aliphatic heterocycles. The first-order chi connectivity index (χ1) is 8.61. The molecule has 0 aliphatic rings. The molecule has 1 N–H and O–H groups in total. The van der Waals surface area contributed by atoms with Crippen LogP contribution in [0.3, 0.4) is 0 Å². The van der Waals surface area contributed by atoms with E-state index in [1.807, 2.05) is 13.8 Å². The largest absolute Gasteiger partial charge is 0.383 e. The van der Waals surface area contributed by atoms with Crippen LogP contribution in [0.5, 0.6) is 0 Å². The highest BCUT2D eigenvalue weighted by Gasteiger charge is 2.21. The summed E-state index contributed by atoms with van der Waals surface area (Å²) in [6.07, 6.45) is 1.66. The maximum absolute atomic E-state index is 12.5. The molecule has 1 aromatic heterocycles. The lowest BCUT2D eigenvalue weighted by molar-refractivity contribution is 0.0635. The van der Waals surface area contributed by atoms with Crippen LogP contribution >= 0.6 is 0 Å². The Hall–Kier alpha value is -1.62. The zero-order valence-electron chi connectivity index (χ0n) is 11.4. The molecule has 1 aromatic rings. The molecule has 0 radical (unpaired) electrons. The average molecular weight is 251 g/mol. The highest BCUT2D eigenvalue weighted by Crippen LogP contribution is 2.15. The van der Waals surface area contributed by atoms with Gasteiger partial charge in [-0.1, -0.05) is 0 Å². The summed E-state index contributed by atoms with van der Waals surface area (Å²) in [6.45, 7) is 5.08. The Morgan fingerprint density at radius 2 is 2.28 bits per heavy atom. The van der Waals surface area contributed by atoms with E-state index in [1.165, 1.54) is 0 Å². The number of methoxy groups -OCH3 is 1. The van der Waals surface area contributed by atoms with Crippen molar-refractivity contribution in [2.75, 3.05) is 32.6 Å². The second-order valence-electron chi connectivity index (χ2n) is 4.23. The molecule has 0 atom stereocenters. The highest BCUT2D eigenvalue weighted by atomic mass is 16.5. The smallest absolute Gasteiger partial charge is 0.257 e.